The van der Waals surface area contributed by atoms with Crippen LogP contribution in [0.1, 0.15) is 53.4 Å². The normalized spacial score (nSPS) is 35.6. The lowest BCUT2D eigenvalue weighted by Crippen LogP contribution is -2.48. The van der Waals surface area contributed by atoms with E-state index in [1.165, 1.54) is 0 Å². The highest BCUT2D eigenvalue weighted by Crippen LogP contribution is 2.26. The van der Waals surface area contributed by atoms with Crippen molar-refractivity contribution in [2.45, 2.75) is 82.8 Å². The van der Waals surface area contributed by atoms with E-state index < -0.39 is 11.2 Å². The van der Waals surface area contributed by atoms with Crippen LogP contribution < -0.4 is 10.6 Å². The first kappa shape index (κ1) is 17.5. The minimum atomic E-state index is -0.767. The molecule has 2 fully saturated rings. The number of hydrogen-bond acceptors (Lipinski definition) is 5. The standard InChI is InChI=1S/C16H30N2O4/c1-11-16(20,7-8-21-11)10-17-12-5-6-13(9-12)18-14(19)22-15(2,3)4/h11-13,17,20H,5-10H2,1-4H3,(H,18,19). The molecule has 2 rings (SSSR count). The Morgan fingerprint density at radius 3 is 2.64 bits per heavy atom. The van der Waals surface area contributed by atoms with Crippen LogP contribution in [0, 0.1) is 0 Å². The highest BCUT2D eigenvalue weighted by Gasteiger charge is 2.40. The van der Waals surface area contributed by atoms with Crippen molar-refractivity contribution in [2.24, 2.45) is 0 Å². The second-order valence-electron chi connectivity index (χ2n) is 7.60. The molecule has 1 saturated heterocycles. The monoisotopic (exact) mass is 314 g/mol. The van der Waals surface area contributed by atoms with Gasteiger partial charge in [0, 0.05) is 31.7 Å². The minimum absolute atomic E-state index is 0.128. The van der Waals surface area contributed by atoms with Gasteiger partial charge in [0.15, 0.2) is 0 Å². The molecule has 2 aliphatic rings. The molecule has 0 aromatic carbocycles. The fraction of sp³-hybridized carbons (Fsp3) is 0.938. The van der Waals surface area contributed by atoms with Crippen LogP contribution in [0.3, 0.4) is 0 Å². The summed E-state index contributed by atoms with van der Waals surface area (Å²) in [5.74, 6) is 0. The average Bonchev–Trinajstić information content (AvgIpc) is 2.93. The lowest BCUT2D eigenvalue weighted by molar-refractivity contribution is -0.0276. The Balaban J connectivity index is 1.70. The second-order valence-corrected chi connectivity index (χ2v) is 7.60. The van der Waals surface area contributed by atoms with Gasteiger partial charge in [0.2, 0.25) is 0 Å². The molecule has 1 aliphatic carbocycles. The molecule has 1 aliphatic heterocycles. The predicted octanol–water partition coefficient (Wildman–Crippen LogP) is 1.56. The first-order valence-corrected chi connectivity index (χ1v) is 8.25. The number of carbonyl (C=O) groups excluding carboxylic acids is 1. The van der Waals surface area contributed by atoms with Gasteiger partial charge < -0.3 is 25.2 Å². The lowest BCUT2D eigenvalue weighted by atomic mass is 9.96. The van der Waals surface area contributed by atoms with Gasteiger partial charge in [0.05, 0.1) is 6.10 Å². The number of rotatable bonds is 4. The van der Waals surface area contributed by atoms with E-state index in [-0.39, 0.29) is 18.2 Å². The Morgan fingerprint density at radius 1 is 1.36 bits per heavy atom. The van der Waals surface area contributed by atoms with Crippen LogP contribution in [0.25, 0.3) is 0 Å². The van der Waals surface area contributed by atoms with Crippen molar-refractivity contribution in [2.75, 3.05) is 13.2 Å². The topological polar surface area (TPSA) is 79.8 Å². The maximum atomic E-state index is 11.8. The number of nitrogens with one attached hydrogen (secondary N) is 2. The third-order valence-electron chi connectivity index (χ3n) is 4.51. The predicted molar refractivity (Wildman–Crippen MR) is 83.8 cm³/mol. The Morgan fingerprint density at radius 2 is 2.05 bits per heavy atom. The molecule has 0 bridgehead atoms. The largest absolute Gasteiger partial charge is 0.444 e. The minimum Gasteiger partial charge on any atom is -0.444 e. The van der Waals surface area contributed by atoms with Gasteiger partial charge in [-0.25, -0.2) is 4.79 Å². The Labute approximate surface area is 132 Å². The molecule has 128 valence electrons. The molecule has 6 heteroatoms. The van der Waals surface area contributed by atoms with Crippen LogP contribution in [0.5, 0.6) is 0 Å². The highest BCUT2D eigenvalue weighted by atomic mass is 16.6. The first-order chi connectivity index (χ1) is 10.2. The maximum Gasteiger partial charge on any atom is 0.407 e. The molecule has 0 spiro atoms. The van der Waals surface area contributed by atoms with E-state index in [4.69, 9.17) is 9.47 Å². The van der Waals surface area contributed by atoms with E-state index in [2.05, 4.69) is 10.6 Å². The molecule has 6 nitrogen and oxygen atoms in total. The number of carbonyl (C=O) groups is 1. The highest BCUT2D eigenvalue weighted by molar-refractivity contribution is 5.68. The Bertz CT molecular complexity index is 396. The quantitative estimate of drug-likeness (QED) is 0.734. The summed E-state index contributed by atoms with van der Waals surface area (Å²) < 4.78 is 10.7. The van der Waals surface area contributed by atoms with Crippen molar-refractivity contribution < 1.29 is 19.4 Å². The summed E-state index contributed by atoms with van der Waals surface area (Å²) in [5.41, 5.74) is -1.24. The lowest BCUT2D eigenvalue weighted by Gasteiger charge is -2.28. The van der Waals surface area contributed by atoms with Crippen LogP contribution >= 0.6 is 0 Å². The third-order valence-corrected chi connectivity index (χ3v) is 4.51. The molecular formula is C16H30N2O4. The van der Waals surface area contributed by atoms with Crippen molar-refractivity contribution in [1.82, 2.24) is 10.6 Å². The van der Waals surface area contributed by atoms with E-state index in [1.807, 2.05) is 27.7 Å². The molecule has 0 radical (unpaired) electrons. The van der Waals surface area contributed by atoms with Crippen molar-refractivity contribution in [3.8, 4) is 0 Å². The fourth-order valence-electron chi connectivity index (χ4n) is 3.10. The van der Waals surface area contributed by atoms with Crippen LogP contribution in [-0.4, -0.2) is 53.7 Å². The zero-order valence-electron chi connectivity index (χ0n) is 14.1. The van der Waals surface area contributed by atoms with Crippen LogP contribution in [-0.2, 0) is 9.47 Å². The summed E-state index contributed by atoms with van der Waals surface area (Å²) in [6.07, 6.45) is 2.98. The average molecular weight is 314 g/mol. The van der Waals surface area contributed by atoms with Gasteiger partial charge in [0.1, 0.15) is 11.2 Å². The van der Waals surface area contributed by atoms with Gasteiger partial charge in [0.25, 0.3) is 0 Å². The van der Waals surface area contributed by atoms with Crippen LogP contribution in [0.15, 0.2) is 0 Å². The molecule has 0 aromatic rings. The van der Waals surface area contributed by atoms with E-state index in [9.17, 15) is 9.90 Å². The SMILES string of the molecule is CC1OCCC1(O)CNC1CCC(NC(=O)OC(C)(C)C)C1. The zero-order valence-corrected chi connectivity index (χ0v) is 14.1. The van der Waals surface area contributed by atoms with Crippen LogP contribution in [0.2, 0.25) is 0 Å². The molecule has 4 unspecified atom stereocenters. The van der Waals surface area contributed by atoms with E-state index in [0.29, 0.717) is 25.6 Å². The first-order valence-electron chi connectivity index (χ1n) is 8.25. The number of ether oxygens (including phenoxy) is 2. The zero-order chi connectivity index (χ0) is 16.4. The number of aliphatic hydroxyl groups is 1. The number of hydrogen-bond donors (Lipinski definition) is 3. The van der Waals surface area contributed by atoms with Crippen molar-refractivity contribution in [3.05, 3.63) is 0 Å². The molecule has 1 heterocycles. The summed E-state index contributed by atoms with van der Waals surface area (Å²) in [6.45, 7) is 8.65. The smallest absolute Gasteiger partial charge is 0.407 e. The Kier molecular flexibility index (Phi) is 5.35. The molecule has 1 amide bonds. The van der Waals surface area contributed by atoms with Crippen molar-refractivity contribution >= 4 is 6.09 Å². The molecular weight excluding hydrogens is 284 g/mol. The number of alkyl carbamates (subject to hydrolysis) is 1. The third kappa shape index (κ3) is 4.83. The number of amides is 1. The fourth-order valence-corrected chi connectivity index (χ4v) is 3.10. The van der Waals surface area contributed by atoms with E-state index in [0.717, 1.165) is 19.3 Å². The summed E-state index contributed by atoms with van der Waals surface area (Å²) >= 11 is 0. The Hall–Kier alpha value is -0.850. The van der Waals surface area contributed by atoms with Gasteiger partial charge in [-0.15, -0.1) is 0 Å². The van der Waals surface area contributed by atoms with Crippen molar-refractivity contribution in [3.63, 3.8) is 0 Å². The van der Waals surface area contributed by atoms with Gasteiger partial charge in [-0.3, -0.25) is 0 Å². The molecule has 0 aromatic heterocycles. The van der Waals surface area contributed by atoms with Gasteiger partial charge in [-0.2, -0.15) is 0 Å². The molecule has 1 saturated carbocycles. The summed E-state index contributed by atoms with van der Waals surface area (Å²) in [5, 5.41) is 16.8. The second kappa shape index (κ2) is 6.72. The molecule has 4 atom stereocenters. The van der Waals surface area contributed by atoms with E-state index in [1.54, 1.807) is 0 Å². The summed E-state index contributed by atoms with van der Waals surface area (Å²) in [4.78, 5) is 11.8. The summed E-state index contributed by atoms with van der Waals surface area (Å²) in [6, 6.07) is 0.455. The van der Waals surface area contributed by atoms with Gasteiger partial charge in [-0.05, 0) is 47.0 Å². The maximum absolute atomic E-state index is 11.8. The summed E-state index contributed by atoms with van der Waals surface area (Å²) in [7, 11) is 0. The van der Waals surface area contributed by atoms with Gasteiger partial charge in [-0.1, -0.05) is 0 Å². The van der Waals surface area contributed by atoms with Gasteiger partial charge >= 0.3 is 6.09 Å². The molecule has 22 heavy (non-hydrogen) atoms. The molecule has 3 N–H and O–H groups in total. The van der Waals surface area contributed by atoms with Crippen LogP contribution in [0.4, 0.5) is 4.79 Å². The van der Waals surface area contributed by atoms with E-state index >= 15 is 0 Å². The van der Waals surface area contributed by atoms with Crippen molar-refractivity contribution in [1.29, 1.82) is 0 Å².